The second-order valence-electron chi connectivity index (χ2n) is 7.44. The summed E-state index contributed by atoms with van der Waals surface area (Å²) >= 11 is 6.20. The van der Waals surface area contributed by atoms with Gasteiger partial charge in [-0.05, 0) is 31.5 Å². The van der Waals surface area contributed by atoms with Crippen molar-refractivity contribution in [3.63, 3.8) is 0 Å². The molecule has 1 aromatic heterocycles. The highest BCUT2D eigenvalue weighted by molar-refractivity contribution is 7.93. The van der Waals surface area contributed by atoms with E-state index in [4.69, 9.17) is 16.0 Å². The number of aromatic nitrogens is 1. The molecule has 2 aromatic carbocycles. The second kappa shape index (κ2) is 8.72. The van der Waals surface area contributed by atoms with E-state index in [1.54, 1.807) is 24.4 Å². The first kappa shape index (κ1) is 21.4. The summed E-state index contributed by atoms with van der Waals surface area (Å²) < 4.78 is 31.4. The first-order valence-corrected chi connectivity index (χ1v) is 11.9. The maximum Gasteiger partial charge on any atom is 0.235 e. The average Bonchev–Trinajstić information content (AvgIpc) is 3.35. The first-order valence-electron chi connectivity index (χ1n) is 9.93. The molecule has 31 heavy (non-hydrogen) atoms. The van der Waals surface area contributed by atoms with Crippen LogP contribution in [0.5, 0.6) is 0 Å². The third-order valence-electron chi connectivity index (χ3n) is 5.07. The van der Waals surface area contributed by atoms with Crippen LogP contribution in [0, 0.1) is 6.92 Å². The number of carbonyl (C=O) groups excluding carboxylic acids is 1. The number of amides is 1. The summed E-state index contributed by atoms with van der Waals surface area (Å²) in [5, 5.41) is 3.09. The van der Waals surface area contributed by atoms with Gasteiger partial charge in [-0.1, -0.05) is 41.4 Å². The summed E-state index contributed by atoms with van der Waals surface area (Å²) in [4.78, 5) is 16.7. The van der Waals surface area contributed by atoms with Crippen LogP contribution < -0.4 is 9.62 Å². The fourth-order valence-electron chi connectivity index (χ4n) is 3.40. The lowest BCUT2D eigenvalue weighted by atomic mass is 10.1. The minimum Gasteiger partial charge on any atom is -0.441 e. The van der Waals surface area contributed by atoms with E-state index in [1.807, 2.05) is 31.2 Å². The van der Waals surface area contributed by atoms with E-state index in [-0.39, 0.29) is 18.1 Å². The van der Waals surface area contributed by atoms with E-state index in [0.29, 0.717) is 47.4 Å². The Morgan fingerprint density at radius 1 is 1.23 bits per heavy atom. The number of sulfonamides is 1. The number of nitrogens with one attached hydrogen (secondary N) is 1. The summed E-state index contributed by atoms with van der Waals surface area (Å²) in [6.07, 6.45) is 2.70. The van der Waals surface area contributed by atoms with Crippen molar-refractivity contribution in [2.24, 2.45) is 0 Å². The average molecular weight is 460 g/mol. The van der Waals surface area contributed by atoms with Crippen molar-refractivity contribution in [1.82, 2.24) is 4.98 Å². The standard InChI is InChI=1S/C22H22ClN3O4S/c1-15-3-5-16(6-4-15)20-14-24-22(30-20)10-9-21(27)25-19-13-17(7-8-18(19)23)26-11-2-12-31(26,28)29/h3-8,13-14H,2,9-12H2,1H3,(H,25,27). The van der Waals surface area contributed by atoms with Gasteiger partial charge in [0.1, 0.15) is 0 Å². The van der Waals surface area contributed by atoms with Crippen LogP contribution in [0.15, 0.2) is 53.1 Å². The second-order valence-corrected chi connectivity index (χ2v) is 9.86. The first-order chi connectivity index (χ1) is 14.8. The van der Waals surface area contributed by atoms with Crippen molar-refractivity contribution in [3.8, 4) is 11.3 Å². The summed E-state index contributed by atoms with van der Waals surface area (Å²) in [5.74, 6) is 0.975. The monoisotopic (exact) mass is 459 g/mol. The molecule has 0 aliphatic carbocycles. The van der Waals surface area contributed by atoms with Gasteiger partial charge in [0.25, 0.3) is 0 Å². The Morgan fingerprint density at radius 2 is 2.00 bits per heavy atom. The van der Waals surface area contributed by atoms with E-state index < -0.39 is 10.0 Å². The number of oxazole rings is 1. The molecule has 1 aliphatic rings. The zero-order chi connectivity index (χ0) is 22.0. The van der Waals surface area contributed by atoms with Crippen LogP contribution in [0.3, 0.4) is 0 Å². The summed E-state index contributed by atoms with van der Waals surface area (Å²) in [5.41, 5.74) is 2.95. The van der Waals surface area contributed by atoms with Gasteiger partial charge in [0, 0.05) is 24.9 Å². The molecule has 0 atom stereocenters. The fraction of sp³-hybridized carbons (Fsp3) is 0.273. The molecule has 0 saturated carbocycles. The zero-order valence-corrected chi connectivity index (χ0v) is 18.5. The molecule has 7 nitrogen and oxygen atoms in total. The number of aryl methyl sites for hydroxylation is 2. The Kier molecular flexibility index (Phi) is 6.02. The maximum absolute atomic E-state index is 12.4. The molecule has 0 unspecified atom stereocenters. The van der Waals surface area contributed by atoms with Crippen LogP contribution >= 0.6 is 11.6 Å². The molecule has 4 rings (SSSR count). The predicted octanol–water partition coefficient (Wildman–Crippen LogP) is 4.41. The highest BCUT2D eigenvalue weighted by Gasteiger charge is 2.28. The molecule has 1 amide bonds. The lowest BCUT2D eigenvalue weighted by Gasteiger charge is -2.18. The van der Waals surface area contributed by atoms with Gasteiger partial charge in [0.15, 0.2) is 11.7 Å². The van der Waals surface area contributed by atoms with Crippen molar-refractivity contribution >= 4 is 38.9 Å². The topological polar surface area (TPSA) is 92.5 Å². The molecule has 3 aromatic rings. The summed E-state index contributed by atoms with van der Waals surface area (Å²) in [6.45, 7) is 2.44. The van der Waals surface area contributed by atoms with Crippen molar-refractivity contribution in [3.05, 3.63) is 65.1 Å². The number of hydrogen-bond donors (Lipinski definition) is 1. The highest BCUT2D eigenvalue weighted by atomic mass is 35.5. The van der Waals surface area contributed by atoms with E-state index in [1.165, 1.54) is 4.31 Å². The van der Waals surface area contributed by atoms with Crippen molar-refractivity contribution in [2.45, 2.75) is 26.2 Å². The number of nitrogens with zero attached hydrogens (tertiary/aromatic N) is 2. The number of anilines is 2. The van der Waals surface area contributed by atoms with Gasteiger partial charge in [-0.2, -0.15) is 0 Å². The van der Waals surface area contributed by atoms with E-state index in [0.717, 1.165) is 11.1 Å². The van der Waals surface area contributed by atoms with Crippen molar-refractivity contribution < 1.29 is 17.6 Å². The van der Waals surface area contributed by atoms with E-state index >= 15 is 0 Å². The van der Waals surface area contributed by atoms with Gasteiger partial charge >= 0.3 is 0 Å². The Hall–Kier alpha value is -2.84. The maximum atomic E-state index is 12.4. The van der Waals surface area contributed by atoms with Crippen LogP contribution in [0.2, 0.25) is 5.02 Å². The Morgan fingerprint density at radius 3 is 2.71 bits per heavy atom. The highest BCUT2D eigenvalue weighted by Crippen LogP contribution is 2.31. The van der Waals surface area contributed by atoms with Crippen molar-refractivity contribution in [2.75, 3.05) is 21.9 Å². The quantitative estimate of drug-likeness (QED) is 0.589. The SMILES string of the molecule is Cc1ccc(-c2cnc(CCC(=O)Nc3cc(N4CCCS4(=O)=O)ccc3Cl)o2)cc1. The smallest absolute Gasteiger partial charge is 0.235 e. The van der Waals surface area contributed by atoms with E-state index in [2.05, 4.69) is 10.3 Å². The van der Waals surface area contributed by atoms with Gasteiger partial charge in [0.2, 0.25) is 15.9 Å². The Labute approximate surface area is 186 Å². The minimum absolute atomic E-state index is 0.123. The molecule has 1 saturated heterocycles. The van der Waals surface area contributed by atoms with Gasteiger partial charge in [-0.25, -0.2) is 13.4 Å². The summed E-state index contributed by atoms with van der Waals surface area (Å²) in [6, 6.07) is 12.7. The number of halogens is 1. The van der Waals surface area contributed by atoms with Crippen LogP contribution in [0.4, 0.5) is 11.4 Å². The Bertz CT molecular complexity index is 1210. The number of benzene rings is 2. The van der Waals surface area contributed by atoms with Crippen LogP contribution in [0.25, 0.3) is 11.3 Å². The molecular weight excluding hydrogens is 438 g/mol. The van der Waals surface area contributed by atoms with Crippen LogP contribution in [0.1, 0.15) is 24.3 Å². The molecule has 1 N–H and O–H groups in total. The molecule has 0 radical (unpaired) electrons. The molecular formula is C22H22ClN3O4S. The molecule has 0 bridgehead atoms. The molecule has 2 heterocycles. The summed E-state index contributed by atoms with van der Waals surface area (Å²) in [7, 11) is -3.31. The zero-order valence-electron chi connectivity index (χ0n) is 17.0. The van der Waals surface area contributed by atoms with Crippen LogP contribution in [-0.4, -0.2) is 31.6 Å². The Balaban J connectivity index is 1.39. The van der Waals surface area contributed by atoms with Crippen LogP contribution in [-0.2, 0) is 21.2 Å². The lowest BCUT2D eigenvalue weighted by molar-refractivity contribution is -0.116. The third kappa shape index (κ3) is 4.91. The molecule has 1 aliphatic heterocycles. The molecule has 9 heteroatoms. The lowest BCUT2D eigenvalue weighted by Crippen LogP contribution is -2.25. The van der Waals surface area contributed by atoms with E-state index in [9.17, 15) is 13.2 Å². The predicted molar refractivity (Wildman–Crippen MR) is 121 cm³/mol. The number of carbonyl (C=O) groups is 1. The largest absolute Gasteiger partial charge is 0.441 e. The molecule has 0 spiro atoms. The fourth-order valence-corrected chi connectivity index (χ4v) is 5.13. The third-order valence-corrected chi connectivity index (χ3v) is 7.27. The number of hydrogen-bond acceptors (Lipinski definition) is 5. The molecule has 1 fully saturated rings. The minimum atomic E-state index is -3.31. The van der Waals surface area contributed by atoms with Gasteiger partial charge in [0.05, 0.1) is 28.3 Å². The normalized spacial score (nSPS) is 15.2. The van der Waals surface area contributed by atoms with Gasteiger partial charge in [-0.15, -0.1) is 0 Å². The van der Waals surface area contributed by atoms with Gasteiger partial charge in [-0.3, -0.25) is 9.10 Å². The molecule has 162 valence electrons. The number of rotatable bonds is 6. The van der Waals surface area contributed by atoms with Gasteiger partial charge < -0.3 is 9.73 Å². The van der Waals surface area contributed by atoms with Crippen molar-refractivity contribution in [1.29, 1.82) is 0 Å².